The molecule has 1 aromatic heterocycles. The molecule has 7 nitrogen and oxygen atoms in total. The Morgan fingerprint density at radius 1 is 1.12 bits per heavy atom. The van der Waals surface area contributed by atoms with Crippen LogP contribution in [0.2, 0.25) is 0 Å². The van der Waals surface area contributed by atoms with Crippen LogP contribution < -0.4 is 16.0 Å². The molecule has 0 radical (unpaired) electrons. The number of H-pyrrole nitrogens is 1. The van der Waals surface area contributed by atoms with Gasteiger partial charge in [0.25, 0.3) is 5.91 Å². The van der Waals surface area contributed by atoms with E-state index in [4.69, 9.17) is 0 Å². The number of rotatable bonds is 6. The quantitative estimate of drug-likeness (QED) is 0.595. The van der Waals surface area contributed by atoms with Crippen molar-refractivity contribution in [1.82, 2.24) is 20.8 Å². The number of nitrogens with zero attached hydrogens (tertiary/aromatic N) is 1. The first-order valence-corrected chi connectivity index (χ1v) is 8.01. The summed E-state index contributed by atoms with van der Waals surface area (Å²) >= 11 is 0. The zero-order chi connectivity index (χ0) is 16.9. The Morgan fingerprint density at radius 3 is 2.35 bits per heavy atom. The van der Waals surface area contributed by atoms with Crippen LogP contribution in [0.4, 0.5) is 5.82 Å². The second-order valence-electron chi connectivity index (χ2n) is 6.02. The molecule has 0 bridgehead atoms. The van der Waals surface area contributed by atoms with Crippen LogP contribution in [0.5, 0.6) is 0 Å². The second-order valence-corrected chi connectivity index (χ2v) is 6.02. The van der Waals surface area contributed by atoms with Gasteiger partial charge >= 0.3 is 0 Å². The fraction of sp³-hybridized carbons (Fsp3) is 0.353. The highest BCUT2D eigenvalue weighted by molar-refractivity contribution is 5.97. The summed E-state index contributed by atoms with van der Waals surface area (Å²) in [6.07, 6.45) is 1.55. The third kappa shape index (κ3) is 5.20. The minimum atomic E-state index is -0.752. The Morgan fingerprint density at radius 2 is 1.81 bits per heavy atom. The van der Waals surface area contributed by atoms with E-state index < -0.39 is 6.04 Å². The maximum atomic E-state index is 12.6. The highest BCUT2D eigenvalue weighted by atomic mass is 35.5. The lowest BCUT2D eigenvalue weighted by Crippen LogP contribution is -2.50. The summed E-state index contributed by atoms with van der Waals surface area (Å²) in [5.41, 5.74) is 0.738. The van der Waals surface area contributed by atoms with Crippen molar-refractivity contribution in [3.8, 4) is 0 Å². The Balaban J connectivity index is 0.00000169. The summed E-state index contributed by atoms with van der Waals surface area (Å²) in [5, 5.41) is 15.3. The van der Waals surface area contributed by atoms with E-state index in [1.807, 2.05) is 37.3 Å². The third-order valence-corrected chi connectivity index (χ3v) is 4.37. The summed E-state index contributed by atoms with van der Waals surface area (Å²) in [7, 11) is 0. The van der Waals surface area contributed by atoms with Gasteiger partial charge in [0.05, 0.1) is 6.20 Å². The van der Waals surface area contributed by atoms with Crippen molar-refractivity contribution in [1.29, 1.82) is 0 Å². The molecule has 2 atom stereocenters. The van der Waals surface area contributed by atoms with Crippen molar-refractivity contribution in [3.05, 3.63) is 48.2 Å². The molecule has 0 spiro atoms. The van der Waals surface area contributed by atoms with Crippen molar-refractivity contribution in [2.24, 2.45) is 11.8 Å². The Kier molecular flexibility index (Phi) is 8.57. The van der Waals surface area contributed by atoms with Crippen molar-refractivity contribution < 1.29 is 9.59 Å². The lowest BCUT2D eigenvalue weighted by Gasteiger charge is -2.32. The Bertz CT molecular complexity index is 692. The summed E-state index contributed by atoms with van der Waals surface area (Å²) in [4.78, 5) is 25.2. The monoisotopic (exact) mass is 399 g/mol. The molecule has 142 valence electrons. The number of hydrogen-bond acceptors (Lipinski definition) is 4. The van der Waals surface area contributed by atoms with Gasteiger partial charge in [0, 0.05) is 12.0 Å². The Labute approximate surface area is 164 Å². The number of hydrogen-bond donors (Lipinski definition) is 4. The van der Waals surface area contributed by atoms with Crippen LogP contribution >= 0.6 is 24.8 Å². The molecule has 2 unspecified atom stereocenters. The van der Waals surface area contributed by atoms with E-state index in [0.29, 0.717) is 11.7 Å². The SMILES string of the molecule is CC(C(=O)NC(C(=O)Nc1ccn[nH]1)c1ccccc1)C1CNC1.Cl.Cl. The smallest absolute Gasteiger partial charge is 0.252 e. The number of aromatic nitrogens is 2. The summed E-state index contributed by atoms with van der Waals surface area (Å²) in [5.74, 6) is 0.244. The highest BCUT2D eigenvalue weighted by Gasteiger charge is 2.31. The first kappa shape index (κ1) is 22.0. The van der Waals surface area contributed by atoms with E-state index >= 15 is 0 Å². The van der Waals surface area contributed by atoms with Crippen LogP contribution in [0.15, 0.2) is 42.6 Å². The van der Waals surface area contributed by atoms with E-state index in [-0.39, 0.29) is 42.5 Å². The maximum Gasteiger partial charge on any atom is 0.252 e. The number of nitrogens with one attached hydrogen (secondary N) is 4. The van der Waals surface area contributed by atoms with Crippen LogP contribution in [-0.2, 0) is 9.59 Å². The lowest BCUT2D eigenvalue weighted by atomic mass is 9.88. The topological polar surface area (TPSA) is 98.9 Å². The zero-order valence-electron chi connectivity index (χ0n) is 14.3. The van der Waals surface area contributed by atoms with Crippen molar-refractivity contribution in [2.75, 3.05) is 18.4 Å². The standard InChI is InChI=1S/C17H21N5O2.2ClH/c1-11(13-9-18-10-13)16(23)21-15(12-5-3-2-4-6-12)17(24)20-14-7-8-19-22-14;;/h2-8,11,13,15,18H,9-10H2,1H3,(H,21,23)(H2,19,20,22,24);2*1H. The minimum Gasteiger partial charge on any atom is -0.340 e. The molecule has 1 saturated heterocycles. The van der Waals surface area contributed by atoms with Gasteiger partial charge in [0.1, 0.15) is 11.9 Å². The molecule has 1 fully saturated rings. The minimum absolute atomic E-state index is 0. The number of carbonyl (C=O) groups excluding carboxylic acids is 2. The summed E-state index contributed by atoms with van der Waals surface area (Å²) in [6.45, 7) is 3.57. The molecular formula is C17H23Cl2N5O2. The van der Waals surface area contributed by atoms with Gasteiger partial charge < -0.3 is 16.0 Å². The maximum absolute atomic E-state index is 12.6. The molecule has 1 aliphatic rings. The Hall–Kier alpha value is -2.09. The van der Waals surface area contributed by atoms with Crippen molar-refractivity contribution in [2.45, 2.75) is 13.0 Å². The van der Waals surface area contributed by atoms with Crippen LogP contribution in [0.3, 0.4) is 0 Å². The number of carbonyl (C=O) groups is 2. The predicted octanol–water partition coefficient (Wildman–Crippen LogP) is 1.90. The van der Waals surface area contributed by atoms with Gasteiger partial charge in [-0.15, -0.1) is 24.8 Å². The third-order valence-electron chi connectivity index (χ3n) is 4.37. The van der Waals surface area contributed by atoms with Crippen LogP contribution in [0, 0.1) is 11.8 Å². The van der Waals surface area contributed by atoms with Gasteiger partial charge in [-0.25, -0.2) is 0 Å². The van der Waals surface area contributed by atoms with Gasteiger partial charge in [0.2, 0.25) is 5.91 Å². The van der Waals surface area contributed by atoms with Crippen molar-refractivity contribution in [3.63, 3.8) is 0 Å². The second kappa shape index (κ2) is 10.2. The van der Waals surface area contributed by atoms with Crippen molar-refractivity contribution >= 4 is 42.4 Å². The summed E-state index contributed by atoms with van der Waals surface area (Å²) in [6, 6.07) is 10.1. The number of amides is 2. The summed E-state index contributed by atoms with van der Waals surface area (Å²) < 4.78 is 0. The molecule has 26 heavy (non-hydrogen) atoms. The van der Waals surface area contributed by atoms with Gasteiger partial charge in [-0.1, -0.05) is 37.3 Å². The fourth-order valence-corrected chi connectivity index (χ4v) is 2.63. The van der Waals surface area contributed by atoms with Gasteiger partial charge in [-0.3, -0.25) is 14.7 Å². The van der Waals surface area contributed by atoms with Crippen LogP contribution in [0.1, 0.15) is 18.5 Å². The number of benzene rings is 1. The van der Waals surface area contributed by atoms with Gasteiger partial charge in [-0.05, 0) is 24.6 Å². The van der Waals surface area contributed by atoms with E-state index in [9.17, 15) is 9.59 Å². The molecule has 1 aromatic carbocycles. The van der Waals surface area contributed by atoms with E-state index in [2.05, 4.69) is 26.1 Å². The largest absolute Gasteiger partial charge is 0.340 e. The molecule has 2 amide bonds. The fourth-order valence-electron chi connectivity index (χ4n) is 2.63. The molecule has 9 heteroatoms. The first-order valence-electron chi connectivity index (χ1n) is 8.01. The van der Waals surface area contributed by atoms with E-state index in [0.717, 1.165) is 18.7 Å². The molecule has 2 aromatic rings. The number of aromatic amines is 1. The number of anilines is 1. The molecule has 0 aliphatic carbocycles. The highest BCUT2D eigenvalue weighted by Crippen LogP contribution is 2.20. The van der Waals surface area contributed by atoms with E-state index in [1.165, 1.54) is 0 Å². The predicted molar refractivity (Wildman–Crippen MR) is 105 cm³/mol. The molecule has 4 N–H and O–H groups in total. The molecule has 3 rings (SSSR count). The van der Waals surface area contributed by atoms with Gasteiger partial charge in [-0.2, -0.15) is 5.10 Å². The zero-order valence-corrected chi connectivity index (χ0v) is 15.9. The van der Waals surface area contributed by atoms with E-state index in [1.54, 1.807) is 12.3 Å². The average Bonchev–Trinajstić information content (AvgIpc) is 3.04. The first-order chi connectivity index (χ1) is 11.6. The average molecular weight is 400 g/mol. The molecular weight excluding hydrogens is 377 g/mol. The van der Waals surface area contributed by atoms with Crippen LogP contribution in [-0.4, -0.2) is 35.1 Å². The molecule has 0 saturated carbocycles. The normalized spacial score (nSPS) is 15.4. The van der Waals surface area contributed by atoms with Crippen LogP contribution in [0.25, 0.3) is 0 Å². The molecule has 1 aliphatic heterocycles. The lowest BCUT2D eigenvalue weighted by molar-refractivity contribution is -0.130. The van der Waals surface area contributed by atoms with Gasteiger partial charge in [0.15, 0.2) is 0 Å². The molecule has 2 heterocycles. The number of halogens is 2.